The van der Waals surface area contributed by atoms with E-state index in [0.29, 0.717) is 6.04 Å². The van der Waals surface area contributed by atoms with Crippen molar-refractivity contribution in [2.75, 3.05) is 0 Å². The van der Waals surface area contributed by atoms with Crippen molar-refractivity contribution in [2.45, 2.75) is 64.6 Å². The molecule has 0 aromatic carbocycles. The van der Waals surface area contributed by atoms with Crippen molar-refractivity contribution in [3.63, 3.8) is 0 Å². The number of aromatic nitrogens is 2. The van der Waals surface area contributed by atoms with Crippen LogP contribution in [0.15, 0.2) is 12.5 Å². The van der Waals surface area contributed by atoms with Crippen LogP contribution in [0.3, 0.4) is 0 Å². The lowest BCUT2D eigenvalue weighted by Crippen LogP contribution is -2.35. The Hall–Kier alpha value is -1.52. The van der Waals surface area contributed by atoms with E-state index in [1.54, 1.807) is 0 Å². The normalized spacial score (nSPS) is 17.1. The number of nitrogens with one attached hydrogen (secondary N) is 1. The van der Waals surface area contributed by atoms with Gasteiger partial charge in [0.1, 0.15) is 5.60 Å². The number of imidazole rings is 1. The number of hydrogen-bond donors (Lipinski definition) is 1. The predicted octanol–water partition coefficient (Wildman–Crippen LogP) is 3.19. The first-order valence-electron chi connectivity index (χ1n) is 6.92. The molecule has 5 heteroatoms. The summed E-state index contributed by atoms with van der Waals surface area (Å²) in [7, 11) is 0. The Bertz CT molecular complexity index is 444. The molecule has 1 amide bonds. The Kier molecular flexibility index (Phi) is 3.83. The maximum atomic E-state index is 11.9. The van der Waals surface area contributed by atoms with Gasteiger partial charge in [0.2, 0.25) is 0 Å². The molecule has 0 saturated heterocycles. The quantitative estimate of drug-likeness (QED) is 0.909. The molecule has 5 nitrogen and oxygen atoms in total. The first-order valence-corrected chi connectivity index (χ1v) is 6.92. The molecule has 0 unspecified atom stereocenters. The van der Waals surface area contributed by atoms with Gasteiger partial charge in [-0.3, -0.25) is 0 Å². The Labute approximate surface area is 114 Å². The number of nitrogens with zero attached hydrogens (tertiary/aromatic N) is 2. The largest absolute Gasteiger partial charge is 0.444 e. The van der Waals surface area contributed by atoms with Gasteiger partial charge in [-0.1, -0.05) is 6.92 Å². The minimum atomic E-state index is -0.473. The number of amides is 1. The molecule has 1 N–H and O–H groups in total. The van der Waals surface area contributed by atoms with E-state index in [0.717, 1.165) is 12.1 Å². The second-order valence-electron chi connectivity index (χ2n) is 6.06. The minimum Gasteiger partial charge on any atom is -0.444 e. The second kappa shape index (κ2) is 5.23. The van der Waals surface area contributed by atoms with Crippen molar-refractivity contribution in [3.8, 4) is 0 Å². The fourth-order valence-corrected chi connectivity index (χ4v) is 2.08. The summed E-state index contributed by atoms with van der Waals surface area (Å²) in [6, 6.07) is 0.518. The van der Waals surface area contributed by atoms with Crippen molar-refractivity contribution < 1.29 is 9.53 Å². The molecular weight excluding hydrogens is 242 g/mol. The third-order valence-corrected chi connectivity index (χ3v) is 3.09. The number of hydrogen-bond acceptors (Lipinski definition) is 3. The van der Waals surface area contributed by atoms with E-state index in [4.69, 9.17) is 4.74 Å². The summed E-state index contributed by atoms with van der Waals surface area (Å²) in [5, 5.41) is 2.93. The molecule has 0 radical (unpaired) electrons. The van der Waals surface area contributed by atoms with Crippen LogP contribution in [0.2, 0.25) is 0 Å². The molecule has 0 spiro atoms. The highest BCUT2D eigenvalue weighted by Gasteiger charge is 2.28. The smallest absolute Gasteiger partial charge is 0.408 e. The number of carbonyl (C=O) groups excluding carboxylic acids is 1. The van der Waals surface area contributed by atoms with E-state index in [-0.39, 0.29) is 12.1 Å². The fourth-order valence-electron chi connectivity index (χ4n) is 2.08. The maximum absolute atomic E-state index is 11.9. The summed E-state index contributed by atoms with van der Waals surface area (Å²) in [5.74, 6) is 0. The van der Waals surface area contributed by atoms with Gasteiger partial charge < -0.3 is 14.6 Å². The Morgan fingerprint density at radius 3 is 2.79 bits per heavy atom. The zero-order chi connectivity index (χ0) is 14.0. The SMILES string of the molecule is CC[C@@H](NC(=O)OC(C)(C)C)c1cncn1C1CC1. The second-order valence-corrected chi connectivity index (χ2v) is 6.06. The van der Waals surface area contributed by atoms with Crippen molar-refractivity contribution in [1.29, 1.82) is 0 Å². The topological polar surface area (TPSA) is 56.1 Å². The lowest BCUT2D eigenvalue weighted by atomic mass is 10.1. The lowest BCUT2D eigenvalue weighted by Gasteiger charge is -2.23. The molecule has 106 valence electrons. The van der Waals surface area contributed by atoms with Crippen molar-refractivity contribution >= 4 is 6.09 Å². The molecule has 1 aliphatic carbocycles. The first-order chi connectivity index (χ1) is 8.90. The first kappa shape index (κ1) is 13.9. The van der Waals surface area contributed by atoms with Crippen molar-refractivity contribution in [1.82, 2.24) is 14.9 Å². The molecule has 1 aromatic heterocycles. The van der Waals surface area contributed by atoms with Crippen molar-refractivity contribution in [3.05, 3.63) is 18.2 Å². The van der Waals surface area contributed by atoms with E-state index in [1.807, 2.05) is 40.2 Å². The van der Waals surface area contributed by atoms with E-state index in [1.165, 1.54) is 12.8 Å². The molecule has 1 heterocycles. The number of rotatable bonds is 4. The van der Waals surface area contributed by atoms with E-state index in [2.05, 4.69) is 14.9 Å². The van der Waals surface area contributed by atoms with Gasteiger partial charge in [0, 0.05) is 6.04 Å². The Morgan fingerprint density at radius 2 is 2.26 bits per heavy atom. The molecule has 19 heavy (non-hydrogen) atoms. The third-order valence-electron chi connectivity index (χ3n) is 3.09. The fraction of sp³-hybridized carbons (Fsp3) is 0.714. The van der Waals surface area contributed by atoms with Gasteiger partial charge in [-0.15, -0.1) is 0 Å². The van der Waals surface area contributed by atoms with Gasteiger partial charge in [0.15, 0.2) is 0 Å². The Balaban J connectivity index is 2.03. The van der Waals surface area contributed by atoms with Gasteiger partial charge in [-0.05, 0) is 40.0 Å². The molecule has 0 bridgehead atoms. The van der Waals surface area contributed by atoms with Crippen molar-refractivity contribution in [2.24, 2.45) is 0 Å². The molecule has 1 atom stereocenters. The molecule has 0 aliphatic heterocycles. The summed E-state index contributed by atoms with van der Waals surface area (Å²) in [5.41, 5.74) is 0.593. The van der Waals surface area contributed by atoms with Gasteiger partial charge in [-0.2, -0.15) is 0 Å². The molecule has 1 aliphatic rings. The summed E-state index contributed by atoms with van der Waals surface area (Å²) in [6.07, 6.45) is 6.54. The summed E-state index contributed by atoms with van der Waals surface area (Å²) in [4.78, 5) is 16.1. The maximum Gasteiger partial charge on any atom is 0.408 e. The predicted molar refractivity (Wildman–Crippen MR) is 72.9 cm³/mol. The lowest BCUT2D eigenvalue weighted by molar-refractivity contribution is 0.0500. The monoisotopic (exact) mass is 265 g/mol. The van der Waals surface area contributed by atoms with Crippen LogP contribution in [0.1, 0.15) is 64.7 Å². The molecule has 1 fully saturated rings. The van der Waals surface area contributed by atoms with Crippen LogP contribution in [0.4, 0.5) is 4.79 Å². The van der Waals surface area contributed by atoms with E-state index < -0.39 is 5.60 Å². The van der Waals surface area contributed by atoms with Gasteiger partial charge >= 0.3 is 6.09 Å². The number of carbonyl (C=O) groups is 1. The number of ether oxygens (including phenoxy) is 1. The van der Waals surface area contributed by atoms with E-state index in [9.17, 15) is 4.79 Å². The van der Waals surface area contributed by atoms with Crippen LogP contribution in [-0.2, 0) is 4.74 Å². The standard InChI is InChI=1S/C14H23N3O2/c1-5-11(16-13(18)19-14(2,3)4)12-8-15-9-17(12)10-6-7-10/h8-11H,5-7H2,1-4H3,(H,16,18)/t11-/m1/s1. The zero-order valence-corrected chi connectivity index (χ0v) is 12.1. The highest BCUT2D eigenvalue weighted by atomic mass is 16.6. The minimum absolute atomic E-state index is 0.0436. The summed E-state index contributed by atoms with van der Waals surface area (Å²) in [6.45, 7) is 7.64. The van der Waals surface area contributed by atoms with Crippen LogP contribution in [-0.4, -0.2) is 21.2 Å². The van der Waals surface area contributed by atoms with E-state index >= 15 is 0 Å². The van der Waals surface area contributed by atoms with Crippen LogP contribution in [0.5, 0.6) is 0 Å². The van der Waals surface area contributed by atoms with Crippen LogP contribution >= 0.6 is 0 Å². The van der Waals surface area contributed by atoms with Crippen LogP contribution in [0.25, 0.3) is 0 Å². The third kappa shape index (κ3) is 3.72. The zero-order valence-electron chi connectivity index (χ0n) is 12.1. The molecular formula is C14H23N3O2. The average Bonchev–Trinajstić information content (AvgIpc) is 3.02. The van der Waals surface area contributed by atoms with Gasteiger partial charge in [0.25, 0.3) is 0 Å². The van der Waals surface area contributed by atoms with Gasteiger partial charge in [0.05, 0.1) is 24.3 Å². The van der Waals surface area contributed by atoms with Crippen LogP contribution in [0, 0.1) is 0 Å². The van der Waals surface area contributed by atoms with Gasteiger partial charge in [-0.25, -0.2) is 9.78 Å². The Morgan fingerprint density at radius 1 is 1.58 bits per heavy atom. The molecule has 2 rings (SSSR count). The van der Waals surface area contributed by atoms with Crippen LogP contribution < -0.4 is 5.32 Å². The number of alkyl carbamates (subject to hydrolysis) is 1. The highest BCUT2D eigenvalue weighted by molar-refractivity contribution is 5.68. The molecule has 1 aromatic rings. The summed E-state index contributed by atoms with van der Waals surface area (Å²) >= 11 is 0. The average molecular weight is 265 g/mol. The molecule has 1 saturated carbocycles. The summed E-state index contributed by atoms with van der Waals surface area (Å²) < 4.78 is 7.48. The highest BCUT2D eigenvalue weighted by Crippen LogP contribution is 2.37.